The van der Waals surface area contributed by atoms with Gasteiger partial charge >= 0.3 is 0 Å². The topological polar surface area (TPSA) is 62.0 Å². The van der Waals surface area contributed by atoms with Gasteiger partial charge in [-0.2, -0.15) is 0 Å². The Morgan fingerprint density at radius 1 is 0.587 bits per heavy atom. The predicted molar refractivity (Wildman–Crippen MR) is 175 cm³/mol. The van der Waals surface area contributed by atoms with Gasteiger partial charge in [0.25, 0.3) is 0 Å². The monoisotopic (exact) mass is 624 g/mol. The minimum atomic E-state index is 0.171. The molecule has 6 heteroatoms. The van der Waals surface area contributed by atoms with Crippen molar-refractivity contribution in [1.82, 2.24) is 0 Å². The van der Waals surface area contributed by atoms with Gasteiger partial charge in [0.15, 0.2) is 11.5 Å². The average Bonchev–Trinajstić information content (AvgIpc) is 3.96. The van der Waals surface area contributed by atoms with Gasteiger partial charge < -0.3 is 28.4 Å². The molecule has 46 heavy (non-hydrogen) atoms. The molecule has 0 N–H and O–H groups in total. The average molecular weight is 625 g/mol. The van der Waals surface area contributed by atoms with Gasteiger partial charge in [0.1, 0.15) is 50.5 Å². The van der Waals surface area contributed by atoms with Crippen LogP contribution in [0.2, 0.25) is 0 Å². The summed E-state index contributed by atoms with van der Waals surface area (Å²) in [6.07, 6.45) is 20.0. The van der Waals surface area contributed by atoms with Crippen molar-refractivity contribution in [2.45, 2.75) is 87.9 Å². The molecule has 2 aliphatic heterocycles. The van der Waals surface area contributed by atoms with Crippen molar-refractivity contribution in [3.63, 3.8) is 0 Å². The van der Waals surface area contributed by atoms with Crippen molar-refractivity contribution >= 4 is 10.8 Å². The largest absolute Gasteiger partial charge is 0.491 e. The van der Waals surface area contributed by atoms with Gasteiger partial charge in [-0.25, -0.2) is 0 Å². The first kappa shape index (κ1) is 28.3. The zero-order valence-corrected chi connectivity index (χ0v) is 27.1. The first-order valence-electron chi connectivity index (χ1n) is 18.3. The molecule has 0 atom stereocenters. The summed E-state index contributed by atoms with van der Waals surface area (Å²) >= 11 is 0. The van der Waals surface area contributed by atoms with Gasteiger partial charge in [-0.3, -0.25) is 0 Å². The maximum Gasteiger partial charge on any atom is 0.164 e. The van der Waals surface area contributed by atoms with Crippen LogP contribution in [-0.4, -0.2) is 39.6 Å². The standard InChI is InChI=1S/C40H48O6/c1-2-33-36(43-6-4-41-21-31-23-45-31)14-35(40-18-28-11-29(19-40)13-30(12-28)20-40)38(44-7-5-42-22-32-24-46-32)37(33)34(3-1)39-15-25-8-26(16-39)10-27(9-25)17-39/h1-3,14,23-30H,4-13,15-22H2. The third kappa shape index (κ3) is 5.05. The molecule has 2 heterocycles. The van der Waals surface area contributed by atoms with Gasteiger partial charge in [-0.15, -0.1) is 0 Å². The molecule has 6 nitrogen and oxygen atoms in total. The van der Waals surface area contributed by atoms with E-state index in [2.05, 4.69) is 24.3 Å². The molecule has 0 saturated heterocycles. The normalized spacial score (nSPS) is 37.1. The summed E-state index contributed by atoms with van der Waals surface area (Å²) < 4.78 is 36.0. The summed E-state index contributed by atoms with van der Waals surface area (Å²) in [5, 5.41) is 2.56. The zero-order chi connectivity index (χ0) is 30.3. The quantitative estimate of drug-likeness (QED) is 0.197. The van der Waals surface area contributed by atoms with Gasteiger partial charge in [-0.1, -0.05) is 18.2 Å². The van der Waals surface area contributed by atoms with Gasteiger partial charge in [-0.05, 0) is 135 Å². The number of ether oxygens (including phenoxy) is 6. The molecular weight excluding hydrogens is 576 g/mol. The van der Waals surface area contributed by atoms with Crippen LogP contribution in [0.25, 0.3) is 10.8 Å². The second-order valence-corrected chi connectivity index (χ2v) is 16.6. The van der Waals surface area contributed by atoms with E-state index in [4.69, 9.17) is 28.4 Å². The second-order valence-electron chi connectivity index (χ2n) is 16.6. The van der Waals surface area contributed by atoms with E-state index in [9.17, 15) is 0 Å². The molecule has 8 fully saturated rings. The molecule has 0 aromatic heterocycles. The Hall–Kier alpha value is -2.70. The van der Waals surface area contributed by atoms with Crippen LogP contribution in [0.4, 0.5) is 0 Å². The number of fused-ring (bicyclic) bond motifs is 1. The van der Waals surface area contributed by atoms with Gasteiger partial charge in [0.05, 0.1) is 13.2 Å². The summed E-state index contributed by atoms with van der Waals surface area (Å²) in [5.74, 6) is 9.18. The summed E-state index contributed by atoms with van der Waals surface area (Å²) in [5.41, 5.74) is 3.39. The van der Waals surface area contributed by atoms with E-state index in [1.807, 2.05) is 0 Å². The van der Waals surface area contributed by atoms with Crippen LogP contribution in [0.1, 0.15) is 88.2 Å². The number of hydrogen-bond acceptors (Lipinski definition) is 6. The lowest BCUT2D eigenvalue weighted by Crippen LogP contribution is -2.49. The molecule has 12 rings (SSSR count). The smallest absolute Gasteiger partial charge is 0.164 e. The van der Waals surface area contributed by atoms with E-state index in [-0.39, 0.29) is 10.8 Å². The molecule has 2 aromatic carbocycles. The highest BCUT2D eigenvalue weighted by Gasteiger charge is 2.55. The van der Waals surface area contributed by atoms with Crippen LogP contribution in [0.15, 0.2) is 48.3 Å². The van der Waals surface area contributed by atoms with Crippen LogP contribution in [0.5, 0.6) is 11.5 Å². The Morgan fingerprint density at radius 3 is 1.57 bits per heavy atom. The van der Waals surface area contributed by atoms with Crippen molar-refractivity contribution in [3.8, 4) is 11.5 Å². The first-order chi connectivity index (χ1) is 22.6. The molecule has 244 valence electrons. The van der Waals surface area contributed by atoms with Crippen LogP contribution in [0, 0.1) is 35.5 Å². The van der Waals surface area contributed by atoms with Gasteiger partial charge in [0.2, 0.25) is 0 Å². The van der Waals surface area contributed by atoms with E-state index >= 15 is 0 Å². The number of hydrogen-bond donors (Lipinski definition) is 0. The van der Waals surface area contributed by atoms with Crippen molar-refractivity contribution < 1.29 is 28.4 Å². The van der Waals surface area contributed by atoms with Crippen molar-refractivity contribution in [2.75, 3.05) is 39.6 Å². The van der Waals surface area contributed by atoms with Crippen LogP contribution in [0.3, 0.4) is 0 Å². The highest BCUT2D eigenvalue weighted by atomic mass is 16.6. The fraction of sp³-hybridized carbons (Fsp3) is 0.650. The van der Waals surface area contributed by atoms with E-state index in [0.29, 0.717) is 39.6 Å². The van der Waals surface area contributed by atoms with E-state index < -0.39 is 0 Å². The van der Waals surface area contributed by atoms with Gasteiger partial charge in [0, 0.05) is 16.3 Å². The Morgan fingerprint density at radius 2 is 1.07 bits per heavy atom. The Balaban J connectivity index is 1.09. The highest BCUT2D eigenvalue weighted by Crippen LogP contribution is 2.65. The number of rotatable bonds is 14. The Labute approximate surface area is 272 Å². The summed E-state index contributed by atoms with van der Waals surface area (Å²) in [6.45, 7) is 3.22. The zero-order valence-electron chi connectivity index (χ0n) is 27.1. The van der Waals surface area contributed by atoms with Crippen LogP contribution < -0.4 is 9.47 Å². The molecule has 0 unspecified atom stereocenters. The highest BCUT2D eigenvalue weighted by molar-refractivity contribution is 5.98. The van der Waals surface area contributed by atoms with Crippen LogP contribution in [-0.2, 0) is 29.8 Å². The molecule has 10 aliphatic rings. The molecule has 8 aliphatic carbocycles. The fourth-order valence-electron chi connectivity index (χ4n) is 12.4. The lowest BCUT2D eigenvalue weighted by Gasteiger charge is -2.58. The van der Waals surface area contributed by atoms with E-state index in [1.165, 1.54) is 93.4 Å². The summed E-state index contributed by atoms with van der Waals surface area (Å²) in [7, 11) is 0. The molecule has 0 radical (unpaired) electrons. The molecule has 0 spiro atoms. The third-order valence-corrected chi connectivity index (χ3v) is 13.3. The molecule has 8 saturated carbocycles. The maximum absolute atomic E-state index is 7.09. The Kier molecular flexibility index (Phi) is 6.72. The van der Waals surface area contributed by atoms with Crippen LogP contribution >= 0.6 is 0 Å². The van der Waals surface area contributed by atoms with Crippen molar-refractivity contribution in [1.29, 1.82) is 0 Å². The molecule has 2 aromatic rings. The second kappa shape index (κ2) is 10.9. The van der Waals surface area contributed by atoms with E-state index in [1.54, 1.807) is 18.1 Å². The van der Waals surface area contributed by atoms with Crippen molar-refractivity contribution in [3.05, 3.63) is 59.4 Å². The Bertz CT molecular complexity index is 1520. The third-order valence-electron chi connectivity index (χ3n) is 13.3. The number of benzene rings is 2. The predicted octanol–water partition coefficient (Wildman–Crippen LogP) is 8.31. The lowest BCUT2D eigenvalue weighted by molar-refractivity contribution is -0.00716. The van der Waals surface area contributed by atoms with Crippen molar-refractivity contribution in [2.24, 2.45) is 35.5 Å². The molecule has 8 bridgehead atoms. The molecular formula is C40H48O6. The lowest BCUT2D eigenvalue weighted by atomic mass is 9.47. The first-order valence-corrected chi connectivity index (χ1v) is 18.3. The maximum atomic E-state index is 7.09. The molecule has 0 amide bonds. The minimum Gasteiger partial charge on any atom is -0.491 e. The summed E-state index contributed by atoms with van der Waals surface area (Å²) in [6, 6.07) is 9.50. The minimum absolute atomic E-state index is 0.171. The fourth-order valence-corrected chi connectivity index (χ4v) is 12.4. The van der Waals surface area contributed by atoms with E-state index in [0.717, 1.165) is 58.5 Å². The SMILES string of the molecule is C1=C(COCCOc2cc(C34CC5CC(CC(C5)C3)C4)c(OCCOCC3=CO3)c3c(C45CC6CC(CC(C6)C4)C5)cccc23)O1. The summed E-state index contributed by atoms with van der Waals surface area (Å²) in [4.78, 5) is 0.